The molecule has 11 heteroatoms. The van der Waals surface area contributed by atoms with Gasteiger partial charge in [0, 0.05) is 23.7 Å². The van der Waals surface area contributed by atoms with Crippen molar-refractivity contribution in [3.8, 4) is 17.0 Å². The molecule has 2 amide bonds. The minimum Gasteiger partial charge on any atom is -0.486 e. The average molecular weight is 520 g/mol. The van der Waals surface area contributed by atoms with E-state index in [-0.39, 0.29) is 24.6 Å². The van der Waals surface area contributed by atoms with Gasteiger partial charge in [-0.3, -0.25) is 0 Å². The third-order valence-electron chi connectivity index (χ3n) is 5.50. The number of anilines is 1. The maximum absolute atomic E-state index is 12.5. The Kier molecular flexibility index (Phi) is 9.17. The molecular formula is C24H31Cl2N7O2. The molecule has 4 rings (SSSR count). The molecule has 1 aromatic heterocycles. The number of nitrogens with one attached hydrogen (secondary N) is 1. The molecule has 5 N–H and O–H groups in total. The highest BCUT2D eigenvalue weighted by Crippen LogP contribution is 2.39. The Labute approximate surface area is 215 Å². The van der Waals surface area contributed by atoms with Gasteiger partial charge in [-0.1, -0.05) is 43.1 Å². The van der Waals surface area contributed by atoms with E-state index in [2.05, 4.69) is 20.3 Å². The van der Waals surface area contributed by atoms with E-state index in [1.165, 1.54) is 6.34 Å². The zero-order chi connectivity index (χ0) is 25.5. The van der Waals surface area contributed by atoms with E-state index in [0.717, 1.165) is 18.4 Å². The van der Waals surface area contributed by atoms with Crippen molar-refractivity contribution in [2.75, 3.05) is 18.9 Å². The first-order valence-electron chi connectivity index (χ1n) is 11.6. The van der Waals surface area contributed by atoms with Crippen LogP contribution in [0.2, 0.25) is 10.0 Å². The van der Waals surface area contributed by atoms with Gasteiger partial charge in [0.2, 0.25) is 5.95 Å². The lowest BCUT2D eigenvalue weighted by Gasteiger charge is -2.29. The fourth-order valence-electron chi connectivity index (χ4n) is 3.60. The highest BCUT2D eigenvalue weighted by atomic mass is 35.5. The monoisotopic (exact) mass is 519 g/mol. The SMILES string of the molecule is C/C=C(\COc1cc(-c2nc(N)nc3c2CCN(C(=O)NC2CC2)C3)c(Cl)cc1Cl)N=CN.CC. The number of fused-ring (bicyclic) bond motifs is 1. The highest BCUT2D eigenvalue weighted by Gasteiger charge is 2.30. The molecule has 2 aliphatic rings. The van der Waals surface area contributed by atoms with E-state index in [0.29, 0.717) is 58.0 Å². The Morgan fingerprint density at radius 1 is 1.29 bits per heavy atom. The van der Waals surface area contributed by atoms with Crippen LogP contribution in [0.1, 0.15) is 44.9 Å². The molecule has 2 aromatic rings. The lowest BCUT2D eigenvalue weighted by Crippen LogP contribution is -2.44. The molecule has 0 saturated heterocycles. The number of halogens is 2. The topological polar surface area (TPSA) is 132 Å². The van der Waals surface area contributed by atoms with E-state index in [1.807, 2.05) is 20.8 Å². The lowest BCUT2D eigenvalue weighted by molar-refractivity contribution is 0.191. The summed E-state index contributed by atoms with van der Waals surface area (Å²) in [7, 11) is 0. The molecule has 188 valence electrons. The van der Waals surface area contributed by atoms with Crippen LogP contribution in [-0.2, 0) is 13.0 Å². The summed E-state index contributed by atoms with van der Waals surface area (Å²) >= 11 is 12.9. The van der Waals surface area contributed by atoms with Gasteiger partial charge in [0.05, 0.1) is 40.0 Å². The number of nitrogens with zero attached hydrogens (tertiary/aromatic N) is 4. The van der Waals surface area contributed by atoms with Gasteiger partial charge in [0.25, 0.3) is 0 Å². The van der Waals surface area contributed by atoms with Gasteiger partial charge in [-0.05, 0) is 38.3 Å². The van der Waals surface area contributed by atoms with E-state index in [9.17, 15) is 4.79 Å². The van der Waals surface area contributed by atoms with E-state index in [4.69, 9.17) is 39.4 Å². The number of hydrogen-bond donors (Lipinski definition) is 3. The van der Waals surface area contributed by atoms with Gasteiger partial charge in [0.15, 0.2) is 0 Å². The third kappa shape index (κ3) is 6.55. The molecule has 0 radical (unpaired) electrons. The van der Waals surface area contributed by atoms with Crippen LogP contribution in [0, 0.1) is 0 Å². The molecule has 0 atom stereocenters. The Morgan fingerprint density at radius 2 is 2.03 bits per heavy atom. The Bertz CT molecular complexity index is 1130. The predicted molar refractivity (Wildman–Crippen MR) is 141 cm³/mol. The molecule has 0 bridgehead atoms. The number of carbonyl (C=O) groups excluding carboxylic acids is 1. The van der Waals surface area contributed by atoms with Crippen LogP contribution in [0.15, 0.2) is 28.9 Å². The smallest absolute Gasteiger partial charge is 0.317 e. The van der Waals surface area contributed by atoms with Crippen LogP contribution >= 0.6 is 23.2 Å². The van der Waals surface area contributed by atoms with Crippen molar-refractivity contribution in [3.63, 3.8) is 0 Å². The van der Waals surface area contributed by atoms with Crippen LogP contribution in [0.5, 0.6) is 5.75 Å². The first kappa shape index (κ1) is 26.6. The Hall–Kier alpha value is -3.04. The summed E-state index contributed by atoms with van der Waals surface area (Å²) in [6.07, 6.45) is 5.64. The van der Waals surface area contributed by atoms with Crippen molar-refractivity contribution >= 4 is 41.5 Å². The van der Waals surface area contributed by atoms with Crippen LogP contribution in [-0.4, -0.2) is 46.4 Å². The maximum Gasteiger partial charge on any atom is 0.317 e. The number of nitrogens with two attached hydrogens (primary N) is 2. The molecule has 35 heavy (non-hydrogen) atoms. The molecular weight excluding hydrogens is 489 g/mol. The Balaban J connectivity index is 0.00000167. The molecule has 1 fully saturated rings. The van der Waals surface area contributed by atoms with Crippen molar-refractivity contribution in [1.82, 2.24) is 20.2 Å². The first-order chi connectivity index (χ1) is 16.9. The number of rotatable bonds is 6. The second-order valence-corrected chi connectivity index (χ2v) is 8.67. The first-order valence-corrected chi connectivity index (χ1v) is 12.4. The number of nitrogen functional groups attached to an aromatic ring is 1. The lowest BCUT2D eigenvalue weighted by atomic mass is 9.98. The highest BCUT2D eigenvalue weighted by molar-refractivity contribution is 6.37. The minimum absolute atomic E-state index is 0.0815. The zero-order valence-corrected chi connectivity index (χ0v) is 21.7. The van der Waals surface area contributed by atoms with Crippen molar-refractivity contribution in [1.29, 1.82) is 0 Å². The molecule has 2 heterocycles. The summed E-state index contributed by atoms with van der Waals surface area (Å²) in [5.41, 5.74) is 14.9. The van der Waals surface area contributed by atoms with Gasteiger partial charge in [-0.15, -0.1) is 0 Å². The Morgan fingerprint density at radius 3 is 2.69 bits per heavy atom. The number of ether oxygens (including phenoxy) is 1. The average Bonchev–Trinajstić information content (AvgIpc) is 3.67. The van der Waals surface area contributed by atoms with E-state index < -0.39 is 0 Å². The number of benzene rings is 1. The molecule has 1 aliphatic carbocycles. The normalized spacial score (nSPS) is 15.3. The summed E-state index contributed by atoms with van der Waals surface area (Å²) in [5.74, 6) is 0.532. The predicted octanol–water partition coefficient (Wildman–Crippen LogP) is 4.56. The van der Waals surface area contributed by atoms with Gasteiger partial charge in [0.1, 0.15) is 12.4 Å². The van der Waals surface area contributed by atoms with Gasteiger partial charge in [-0.2, -0.15) is 0 Å². The summed E-state index contributed by atoms with van der Waals surface area (Å²) < 4.78 is 5.86. The molecule has 1 aromatic carbocycles. The van der Waals surface area contributed by atoms with Crippen LogP contribution in [0.3, 0.4) is 0 Å². The van der Waals surface area contributed by atoms with Crippen molar-refractivity contribution in [2.24, 2.45) is 10.7 Å². The summed E-state index contributed by atoms with van der Waals surface area (Å²) in [5, 5.41) is 3.78. The molecule has 9 nitrogen and oxygen atoms in total. The number of aliphatic imine (C=N–C) groups is 1. The van der Waals surface area contributed by atoms with Gasteiger partial charge >= 0.3 is 6.03 Å². The number of urea groups is 1. The zero-order valence-electron chi connectivity index (χ0n) is 20.1. The minimum atomic E-state index is -0.0815. The second kappa shape index (κ2) is 12.1. The van der Waals surface area contributed by atoms with Gasteiger partial charge in [-0.25, -0.2) is 19.8 Å². The number of carbonyl (C=O) groups is 1. The maximum atomic E-state index is 12.5. The second-order valence-electron chi connectivity index (χ2n) is 7.86. The van der Waals surface area contributed by atoms with Crippen molar-refractivity contribution < 1.29 is 9.53 Å². The summed E-state index contributed by atoms with van der Waals surface area (Å²) in [6.45, 7) is 6.91. The standard InChI is InChI=1S/C22H25Cl2N7O2.C2H6/c1-2-12(27-11-25)10-33-19-7-15(16(23)8-17(19)24)20-14-5-6-31(22(32)28-13-3-4-13)9-18(14)29-21(26)30-20;1-2/h2,7-8,11,13H,3-6,9-10H2,1H3,(H2,25,27)(H,28,32)(H2,26,29,30);1-2H3/b12-2+;. The van der Waals surface area contributed by atoms with Crippen LogP contribution in [0.25, 0.3) is 11.3 Å². The third-order valence-corrected chi connectivity index (χ3v) is 6.11. The quantitative estimate of drug-likeness (QED) is 0.378. The van der Waals surface area contributed by atoms with Crippen LogP contribution < -0.4 is 21.5 Å². The molecule has 0 spiro atoms. The molecule has 1 aliphatic heterocycles. The fourth-order valence-corrected chi connectivity index (χ4v) is 4.13. The number of amides is 2. The summed E-state index contributed by atoms with van der Waals surface area (Å²) in [6, 6.07) is 3.55. The largest absolute Gasteiger partial charge is 0.486 e. The van der Waals surface area contributed by atoms with Gasteiger partial charge < -0.3 is 26.4 Å². The number of aromatic nitrogens is 2. The number of allylic oxidation sites excluding steroid dienone is 1. The molecule has 1 saturated carbocycles. The summed E-state index contributed by atoms with van der Waals surface area (Å²) in [4.78, 5) is 27.2. The van der Waals surface area contributed by atoms with E-state index in [1.54, 1.807) is 23.1 Å². The molecule has 0 unspecified atom stereocenters. The van der Waals surface area contributed by atoms with Crippen molar-refractivity contribution in [3.05, 3.63) is 45.2 Å². The van der Waals surface area contributed by atoms with E-state index >= 15 is 0 Å². The fraction of sp³-hybridized carbons (Fsp3) is 0.417. The number of hydrogen-bond acceptors (Lipinski definition) is 6. The van der Waals surface area contributed by atoms with Crippen LogP contribution in [0.4, 0.5) is 10.7 Å². The van der Waals surface area contributed by atoms with Crippen molar-refractivity contribution in [2.45, 2.75) is 52.6 Å².